The first-order valence-electron chi connectivity index (χ1n) is 4.91. The van der Waals surface area contributed by atoms with Crippen LogP contribution in [-0.4, -0.2) is 24.4 Å². The van der Waals surface area contributed by atoms with Gasteiger partial charge in [0.25, 0.3) is 0 Å². The minimum Gasteiger partial charge on any atom is -0.392 e. The monoisotopic (exact) mass is 182 g/mol. The predicted molar refractivity (Wildman–Crippen MR) is 52.2 cm³/mol. The van der Waals surface area contributed by atoms with Crippen molar-refractivity contribution in [2.75, 3.05) is 13.2 Å². The Morgan fingerprint density at radius 3 is 3.00 bits per heavy atom. The van der Waals surface area contributed by atoms with Crippen LogP contribution in [0.15, 0.2) is 0 Å². The van der Waals surface area contributed by atoms with Gasteiger partial charge in [0.05, 0.1) is 6.10 Å². The lowest BCUT2D eigenvalue weighted by Gasteiger charge is -2.31. The maximum atomic E-state index is 9.82. The molecule has 74 valence electrons. The molecule has 0 aromatic heterocycles. The summed E-state index contributed by atoms with van der Waals surface area (Å²) < 4.78 is 5.32. The van der Waals surface area contributed by atoms with Gasteiger partial charge in [-0.25, -0.2) is 0 Å². The minimum absolute atomic E-state index is 0.272. The molecule has 2 heteroatoms. The van der Waals surface area contributed by atoms with E-state index in [0.717, 1.165) is 19.6 Å². The van der Waals surface area contributed by atoms with Gasteiger partial charge in [0.2, 0.25) is 0 Å². The second kappa shape index (κ2) is 5.26. The first kappa shape index (κ1) is 10.6. The summed E-state index contributed by atoms with van der Waals surface area (Å²) in [6.07, 6.45) is 1.30. The fourth-order valence-corrected chi connectivity index (χ4v) is 1.83. The number of ether oxygens (including phenoxy) is 1. The van der Waals surface area contributed by atoms with Crippen molar-refractivity contribution in [3.8, 4) is 11.8 Å². The van der Waals surface area contributed by atoms with Crippen molar-refractivity contribution >= 4 is 0 Å². The maximum Gasteiger partial charge on any atom is 0.0681 e. The summed E-state index contributed by atoms with van der Waals surface area (Å²) in [5.74, 6) is 6.57. The summed E-state index contributed by atoms with van der Waals surface area (Å²) in [6, 6.07) is 0. The molecule has 0 saturated carbocycles. The van der Waals surface area contributed by atoms with Crippen molar-refractivity contribution in [3.05, 3.63) is 0 Å². The Labute approximate surface area is 80.3 Å². The van der Waals surface area contributed by atoms with Crippen LogP contribution in [-0.2, 0) is 4.74 Å². The molecule has 0 aliphatic carbocycles. The molecular weight excluding hydrogens is 164 g/mol. The van der Waals surface area contributed by atoms with Gasteiger partial charge in [-0.15, -0.1) is 11.8 Å². The molecule has 1 fully saturated rings. The maximum absolute atomic E-state index is 9.82. The van der Waals surface area contributed by atoms with Gasteiger partial charge in [0.1, 0.15) is 0 Å². The zero-order valence-electron chi connectivity index (χ0n) is 8.42. The molecule has 1 aliphatic rings. The quantitative estimate of drug-likeness (QED) is 0.655. The van der Waals surface area contributed by atoms with Gasteiger partial charge in [-0.1, -0.05) is 6.92 Å². The average Bonchev–Trinajstić information content (AvgIpc) is 2.15. The standard InChI is InChI=1S/C11H18O2/c1-3-4-5-11(12)10-6-7-13-8-9(10)2/h9-12H,5-8H2,1-2H3. The third-order valence-electron chi connectivity index (χ3n) is 2.69. The van der Waals surface area contributed by atoms with Gasteiger partial charge >= 0.3 is 0 Å². The first-order chi connectivity index (χ1) is 6.25. The Hall–Kier alpha value is -0.520. The van der Waals surface area contributed by atoms with Gasteiger partial charge < -0.3 is 9.84 Å². The van der Waals surface area contributed by atoms with Crippen molar-refractivity contribution < 1.29 is 9.84 Å². The molecule has 2 nitrogen and oxygen atoms in total. The van der Waals surface area contributed by atoms with E-state index in [-0.39, 0.29) is 6.10 Å². The Kier molecular flexibility index (Phi) is 4.27. The number of hydrogen-bond donors (Lipinski definition) is 1. The second-order valence-electron chi connectivity index (χ2n) is 3.70. The molecule has 1 saturated heterocycles. The normalized spacial score (nSPS) is 30.4. The van der Waals surface area contributed by atoms with Crippen molar-refractivity contribution in [2.24, 2.45) is 11.8 Å². The van der Waals surface area contributed by atoms with Crippen LogP contribution in [0.3, 0.4) is 0 Å². The van der Waals surface area contributed by atoms with E-state index in [2.05, 4.69) is 18.8 Å². The highest BCUT2D eigenvalue weighted by Crippen LogP contribution is 2.25. The van der Waals surface area contributed by atoms with Gasteiger partial charge in [-0.2, -0.15) is 0 Å². The summed E-state index contributed by atoms with van der Waals surface area (Å²) in [5.41, 5.74) is 0. The largest absolute Gasteiger partial charge is 0.392 e. The topological polar surface area (TPSA) is 29.5 Å². The predicted octanol–water partition coefficient (Wildman–Crippen LogP) is 1.43. The molecule has 0 radical (unpaired) electrons. The Bertz CT molecular complexity index is 202. The molecule has 0 aromatic rings. The number of aliphatic hydroxyl groups excluding tert-OH is 1. The SMILES string of the molecule is CC#CCC(O)C1CCOCC1C. The Morgan fingerprint density at radius 2 is 2.38 bits per heavy atom. The summed E-state index contributed by atoms with van der Waals surface area (Å²) in [6.45, 7) is 5.50. The van der Waals surface area contributed by atoms with Crippen LogP contribution in [0.1, 0.15) is 26.7 Å². The summed E-state index contributed by atoms with van der Waals surface area (Å²) >= 11 is 0. The number of rotatable bonds is 2. The van der Waals surface area contributed by atoms with E-state index in [0.29, 0.717) is 18.3 Å². The molecule has 1 rings (SSSR count). The highest BCUT2D eigenvalue weighted by Gasteiger charge is 2.27. The smallest absolute Gasteiger partial charge is 0.0681 e. The van der Waals surface area contributed by atoms with Crippen molar-refractivity contribution in [3.63, 3.8) is 0 Å². The highest BCUT2D eigenvalue weighted by molar-refractivity contribution is 4.98. The van der Waals surface area contributed by atoms with E-state index in [9.17, 15) is 5.11 Å². The molecule has 13 heavy (non-hydrogen) atoms. The summed E-state index contributed by atoms with van der Waals surface area (Å²) in [4.78, 5) is 0. The van der Waals surface area contributed by atoms with Crippen LogP contribution >= 0.6 is 0 Å². The van der Waals surface area contributed by atoms with Crippen LogP contribution in [0, 0.1) is 23.7 Å². The highest BCUT2D eigenvalue weighted by atomic mass is 16.5. The fraction of sp³-hybridized carbons (Fsp3) is 0.818. The minimum atomic E-state index is -0.272. The zero-order valence-corrected chi connectivity index (χ0v) is 8.42. The average molecular weight is 182 g/mol. The van der Waals surface area contributed by atoms with Crippen LogP contribution in [0.5, 0.6) is 0 Å². The van der Waals surface area contributed by atoms with E-state index in [4.69, 9.17) is 4.74 Å². The molecule has 3 unspecified atom stereocenters. The van der Waals surface area contributed by atoms with Crippen molar-refractivity contribution in [1.29, 1.82) is 0 Å². The molecule has 0 bridgehead atoms. The van der Waals surface area contributed by atoms with Crippen molar-refractivity contribution in [2.45, 2.75) is 32.8 Å². The number of hydrogen-bond acceptors (Lipinski definition) is 2. The van der Waals surface area contributed by atoms with E-state index in [1.54, 1.807) is 6.92 Å². The molecule has 1 aliphatic heterocycles. The van der Waals surface area contributed by atoms with E-state index in [1.165, 1.54) is 0 Å². The molecule has 1 N–H and O–H groups in total. The van der Waals surface area contributed by atoms with Gasteiger partial charge in [-0.3, -0.25) is 0 Å². The summed E-state index contributed by atoms with van der Waals surface area (Å²) in [7, 11) is 0. The first-order valence-corrected chi connectivity index (χ1v) is 4.91. The van der Waals surface area contributed by atoms with Gasteiger partial charge in [0, 0.05) is 19.6 Å². The summed E-state index contributed by atoms with van der Waals surface area (Å²) in [5, 5.41) is 9.82. The second-order valence-corrected chi connectivity index (χ2v) is 3.70. The number of aliphatic hydroxyl groups is 1. The third-order valence-corrected chi connectivity index (χ3v) is 2.69. The van der Waals surface area contributed by atoms with Crippen LogP contribution in [0.4, 0.5) is 0 Å². The van der Waals surface area contributed by atoms with Crippen molar-refractivity contribution in [1.82, 2.24) is 0 Å². The van der Waals surface area contributed by atoms with E-state index < -0.39 is 0 Å². The fourth-order valence-electron chi connectivity index (χ4n) is 1.83. The van der Waals surface area contributed by atoms with E-state index in [1.807, 2.05) is 0 Å². The van der Waals surface area contributed by atoms with E-state index >= 15 is 0 Å². The van der Waals surface area contributed by atoms with Crippen LogP contribution in [0.2, 0.25) is 0 Å². The third kappa shape index (κ3) is 3.02. The Balaban J connectivity index is 2.41. The van der Waals surface area contributed by atoms with Crippen LogP contribution in [0.25, 0.3) is 0 Å². The molecular formula is C11H18O2. The van der Waals surface area contributed by atoms with Gasteiger partial charge in [-0.05, 0) is 25.2 Å². The zero-order chi connectivity index (χ0) is 9.68. The lowest BCUT2D eigenvalue weighted by atomic mass is 9.84. The Morgan fingerprint density at radius 1 is 1.62 bits per heavy atom. The molecule has 0 amide bonds. The van der Waals surface area contributed by atoms with Crippen LogP contribution < -0.4 is 0 Å². The molecule has 0 aromatic carbocycles. The molecule has 3 atom stereocenters. The lowest BCUT2D eigenvalue weighted by molar-refractivity contribution is -0.0279. The molecule has 0 spiro atoms. The lowest BCUT2D eigenvalue weighted by Crippen LogP contribution is -2.34. The van der Waals surface area contributed by atoms with Gasteiger partial charge in [0.15, 0.2) is 0 Å². The molecule has 1 heterocycles.